The molecule has 0 aromatic heterocycles. The van der Waals surface area contributed by atoms with Gasteiger partial charge in [-0.3, -0.25) is 9.69 Å². The molecule has 0 amide bonds. The zero-order valence-electron chi connectivity index (χ0n) is 23.0. The molecule has 4 aromatic carbocycles. The quantitative estimate of drug-likeness (QED) is 0.190. The van der Waals surface area contributed by atoms with Crippen molar-refractivity contribution in [3.8, 4) is 23.0 Å². The van der Waals surface area contributed by atoms with Crippen LogP contribution in [0.3, 0.4) is 0 Å². The van der Waals surface area contributed by atoms with Crippen LogP contribution in [0.25, 0.3) is 0 Å². The number of ether oxygens (including phenoxy) is 2. The SMILES string of the molecule is CC(=O)[C@@H](N)CCN(Cc1ccccc1Oc1ccc(C)cc1)Cc1ccccc1Oc1ccc(C(F)(F)F)cc1. The van der Waals surface area contributed by atoms with E-state index in [1.807, 2.05) is 73.7 Å². The Morgan fingerprint density at radius 2 is 1.24 bits per heavy atom. The largest absolute Gasteiger partial charge is 0.457 e. The van der Waals surface area contributed by atoms with Gasteiger partial charge in [-0.2, -0.15) is 13.2 Å². The third kappa shape index (κ3) is 8.67. The second-order valence-electron chi connectivity index (χ2n) is 9.97. The number of carbonyl (C=O) groups is 1. The van der Waals surface area contributed by atoms with E-state index in [1.54, 1.807) is 6.07 Å². The topological polar surface area (TPSA) is 64.8 Å². The van der Waals surface area contributed by atoms with Crippen molar-refractivity contribution in [1.29, 1.82) is 0 Å². The fourth-order valence-electron chi connectivity index (χ4n) is 4.26. The maximum absolute atomic E-state index is 13.0. The molecule has 0 spiro atoms. The molecule has 214 valence electrons. The lowest BCUT2D eigenvalue weighted by molar-refractivity contribution is -0.137. The monoisotopic (exact) mass is 562 g/mol. The fraction of sp³-hybridized carbons (Fsp3) is 0.242. The summed E-state index contributed by atoms with van der Waals surface area (Å²) in [5, 5.41) is 0. The van der Waals surface area contributed by atoms with Gasteiger partial charge in [-0.25, -0.2) is 0 Å². The van der Waals surface area contributed by atoms with E-state index in [0.717, 1.165) is 34.6 Å². The summed E-state index contributed by atoms with van der Waals surface area (Å²) in [5.74, 6) is 2.18. The molecule has 8 heteroatoms. The van der Waals surface area contributed by atoms with Crippen molar-refractivity contribution < 1.29 is 27.4 Å². The summed E-state index contributed by atoms with van der Waals surface area (Å²) in [6.07, 6.45) is -3.96. The van der Waals surface area contributed by atoms with E-state index >= 15 is 0 Å². The molecule has 5 nitrogen and oxygen atoms in total. The van der Waals surface area contributed by atoms with Crippen LogP contribution in [0.1, 0.15) is 35.6 Å². The Hall–Kier alpha value is -4.14. The number of rotatable bonds is 12. The maximum Gasteiger partial charge on any atom is 0.416 e. The van der Waals surface area contributed by atoms with Crippen LogP contribution in [0.4, 0.5) is 13.2 Å². The van der Waals surface area contributed by atoms with Crippen molar-refractivity contribution in [3.63, 3.8) is 0 Å². The van der Waals surface area contributed by atoms with E-state index in [9.17, 15) is 18.0 Å². The molecule has 0 saturated heterocycles. The zero-order chi connectivity index (χ0) is 29.4. The molecular weight excluding hydrogens is 529 g/mol. The second kappa shape index (κ2) is 13.5. The highest BCUT2D eigenvalue weighted by Gasteiger charge is 2.30. The van der Waals surface area contributed by atoms with Crippen molar-refractivity contribution in [3.05, 3.63) is 119 Å². The zero-order valence-corrected chi connectivity index (χ0v) is 23.0. The fourth-order valence-corrected chi connectivity index (χ4v) is 4.26. The molecule has 0 bridgehead atoms. The molecule has 0 heterocycles. The number of para-hydroxylation sites is 2. The smallest absolute Gasteiger partial charge is 0.416 e. The first-order valence-corrected chi connectivity index (χ1v) is 13.3. The highest BCUT2D eigenvalue weighted by Crippen LogP contribution is 2.33. The predicted molar refractivity (Wildman–Crippen MR) is 153 cm³/mol. The van der Waals surface area contributed by atoms with Crippen LogP contribution in [-0.4, -0.2) is 23.3 Å². The molecule has 0 fully saturated rings. The Bertz CT molecular complexity index is 1440. The Labute approximate surface area is 238 Å². The first kappa shape index (κ1) is 29.8. The molecular formula is C33H33F3N2O3. The number of Topliss-reactive ketones (excluding diaryl/α,β-unsaturated/α-hetero) is 1. The maximum atomic E-state index is 13.0. The van der Waals surface area contributed by atoms with Crippen LogP contribution < -0.4 is 15.2 Å². The number of hydrogen-bond donors (Lipinski definition) is 1. The summed E-state index contributed by atoms with van der Waals surface area (Å²) < 4.78 is 51.2. The number of alkyl halides is 3. The van der Waals surface area contributed by atoms with Gasteiger partial charge >= 0.3 is 6.18 Å². The molecule has 0 aliphatic heterocycles. The summed E-state index contributed by atoms with van der Waals surface area (Å²) >= 11 is 0. The van der Waals surface area contributed by atoms with Crippen LogP contribution in [0.5, 0.6) is 23.0 Å². The van der Waals surface area contributed by atoms with Gasteiger partial charge in [-0.1, -0.05) is 54.1 Å². The number of carbonyl (C=O) groups excluding carboxylic acids is 1. The number of nitrogens with two attached hydrogens (primary N) is 1. The van der Waals surface area contributed by atoms with Crippen molar-refractivity contribution in [2.24, 2.45) is 5.73 Å². The van der Waals surface area contributed by atoms with E-state index in [-0.39, 0.29) is 5.78 Å². The number of halogens is 3. The Kier molecular flexibility index (Phi) is 9.81. The van der Waals surface area contributed by atoms with Crippen LogP contribution >= 0.6 is 0 Å². The molecule has 0 aliphatic rings. The first-order valence-electron chi connectivity index (χ1n) is 13.3. The highest BCUT2D eigenvalue weighted by atomic mass is 19.4. The molecule has 2 N–H and O–H groups in total. The Balaban J connectivity index is 1.56. The highest BCUT2D eigenvalue weighted by molar-refractivity contribution is 5.81. The minimum Gasteiger partial charge on any atom is -0.457 e. The van der Waals surface area contributed by atoms with Gasteiger partial charge in [0.25, 0.3) is 0 Å². The molecule has 0 saturated carbocycles. The molecule has 1 atom stereocenters. The lowest BCUT2D eigenvalue weighted by Gasteiger charge is -2.26. The predicted octanol–water partition coefficient (Wildman–Crippen LogP) is 7.91. The lowest BCUT2D eigenvalue weighted by Crippen LogP contribution is -2.34. The van der Waals surface area contributed by atoms with Crippen molar-refractivity contribution in [1.82, 2.24) is 4.90 Å². The van der Waals surface area contributed by atoms with Gasteiger partial charge in [0.2, 0.25) is 0 Å². The van der Waals surface area contributed by atoms with Gasteiger partial charge in [-0.05, 0) is 68.8 Å². The van der Waals surface area contributed by atoms with Crippen molar-refractivity contribution in [2.75, 3.05) is 6.54 Å². The van der Waals surface area contributed by atoms with E-state index < -0.39 is 17.8 Å². The van der Waals surface area contributed by atoms with Gasteiger partial charge in [0.15, 0.2) is 0 Å². The van der Waals surface area contributed by atoms with E-state index in [4.69, 9.17) is 15.2 Å². The summed E-state index contributed by atoms with van der Waals surface area (Å²) in [5.41, 5.74) is 8.25. The average molecular weight is 563 g/mol. The third-order valence-corrected chi connectivity index (χ3v) is 6.67. The number of hydrogen-bond acceptors (Lipinski definition) is 5. The van der Waals surface area contributed by atoms with Crippen LogP contribution in [0.2, 0.25) is 0 Å². The summed E-state index contributed by atoms with van der Waals surface area (Å²) in [4.78, 5) is 14.0. The van der Waals surface area contributed by atoms with Gasteiger partial charge in [-0.15, -0.1) is 0 Å². The Morgan fingerprint density at radius 1 is 0.780 bits per heavy atom. The second-order valence-corrected chi connectivity index (χ2v) is 9.97. The molecule has 0 radical (unpaired) electrons. The summed E-state index contributed by atoms with van der Waals surface area (Å²) in [6, 6.07) is 27.0. The summed E-state index contributed by atoms with van der Waals surface area (Å²) in [6.45, 7) is 4.96. The first-order chi connectivity index (χ1) is 19.6. The Morgan fingerprint density at radius 3 is 1.71 bits per heavy atom. The van der Waals surface area contributed by atoms with E-state index in [1.165, 1.54) is 19.1 Å². The molecule has 0 aliphatic carbocycles. The van der Waals surface area contributed by atoms with E-state index in [2.05, 4.69) is 4.90 Å². The molecule has 4 aromatic rings. The molecule has 0 unspecified atom stereocenters. The number of benzene rings is 4. The third-order valence-electron chi connectivity index (χ3n) is 6.67. The van der Waals surface area contributed by atoms with Gasteiger partial charge in [0.05, 0.1) is 11.6 Å². The van der Waals surface area contributed by atoms with Crippen molar-refractivity contribution >= 4 is 5.78 Å². The van der Waals surface area contributed by atoms with Gasteiger partial charge in [0.1, 0.15) is 28.8 Å². The van der Waals surface area contributed by atoms with Crippen LogP contribution in [0.15, 0.2) is 97.1 Å². The summed E-state index contributed by atoms with van der Waals surface area (Å²) in [7, 11) is 0. The number of nitrogens with zero attached hydrogens (tertiary/aromatic N) is 1. The average Bonchev–Trinajstić information content (AvgIpc) is 2.94. The minimum absolute atomic E-state index is 0.0842. The normalized spacial score (nSPS) is 12.3. The lowest BCUT2D eigenvalue weighted by atomic mass is 10.1. The van der Waals surface area contributed by atoms with Crippen molar-refractivity contribution in [2.45, 2.75) is 45.6 Å². The number of ketones is 1. The number of aryl methyl sites for hydroxylation is 1. The molecule has 4 rings (SSSR count). The minimum atomic E-state index is -4.42. The van der Waals surface area contributed by atoms with E-state index in [0.29, 0.717) is 43.3 Å². The van der Waals surface area contributed by atoms with Gasteiger partial charge < -0.3 is 15.2 Å². The van der Waals surface area contributed by atoms with Crippen LogP contribution in [0, 0.1) is 6.92 Å². The standard InChI is InChI=1S/C33H33F3N2O3/c1-23-11-15-28(16-12-23)40-31-9-5-3-7-25(31)21-38(20-19-30(37)24(2)39)22-26-8-4-6-10-32(26)41-29-17-13-27(14-18-29)33(34,35)36/h3-18,30H,19-22,37H2,1-2H3/t30-/m0/s1. The van der Waals surface area contributed by atoms with Crippen LogP contribution in [-0.2, 0) is 24.1 Å². The molecule has 41 heavy (non-hydrogen) atoms. The van der Waals surface area contributed by atoms with Gasteiger partial charge in [0, 0.05) is 30.8 Å².